The number of fused-ring (bicyclic) bond motifs is 1. The molecule has 0 amide bonds. The van der Waals surface area contributed by atoms with Crippen molar-refractivity contribution in [3.63, 3.8) is 0 Å². The Morgan fingerprint density at radius 2 is 1.74 bits per heavy atom. The summed E-state index contributed by atoms with van der Waals surface area (Å²) in [5.74, 6) is -1.08. The molecule has 0 radical (unpaired) electrons. The molecule has 4 rings (SSSR count). The quantitative estimate of drug-likeness (QED) is 0.284. The van der Waals surface area contributed by atoms with Crippen molar-refractivity contribution in [2.24, 2.45) is 0 Å². The van der Waals surface area contributed by atoms with Crippen LogP contribution in [0.5, 0.6) is 0 Å². The zero-order chi connectivity index (χ0) is 24.8. The number of nitrogens with zero attached hydrogens (tertiary/aromatic N) is 3. The maximum atomic E-state index is 12.7. The van der Waals surface area contributed by atoms with Crippen LogP contribution in [-0.4, -0.2) is 31.6 Å². The van der Waals surface area contributed by atoms with Gasteiger partial charge in [0.05, 0.1) is 15.8 Å². The molecule has 4 aromatic rings. The first-order valence-corrected chi connectivity index (χ1v) is 12.1. The van der Waals surface area contributed by atoms with E-state index >= 15 is 0 Å². The second-order valence-electron chi connectivity index (χ2n) is 9.08. The molecule has 1 atom stereocenters. The summed E-state index contributed by atoms with van der Waals surface area (Å²) in [4.78, 5) is 25.7. The van der Waals surface area contributed by atoms with Crippen LogP contribution < -0.4 is 0 Å². The number of carboxylic acids is 1. The van der Waals surface area contributed by atoms with Crippen LogP contribution in [0.1, 0.15) is 38.8 Å². The van der Waals surface area contributed by atoms with E-state index in [9.17, 15) is 9.90 Å². The first-order valence-electron chi connectivity index (χ1n) is 10.5. The van der Waals surface area contributed by atoms with Crippen molar-refractivity contribution in [3.05, 3.63) is 64.0 Å². The smallest absolute Gasteiger partial charge is 0.340 e. The van der Waals surface area contributed by atoms with Gasteiger partial charge in [-0.3, -0.25) is 0 Å². The maximum absolute atomic E-state index is 12.7. The van der Waals surface area contributed by atoms with Crippen LogP contribution >= 0.6 is 34.5 Å². The Balaban J connectivity index is 2.09. The predicted molar refractivity (Wildman–Crippen MR) is 137 cm³/mol. The lowest BCUT2D eigenvalue weighted by atomic mass is 9.84. The molecule has 1 N–H and O–H groups in total. The van der Waals surface area contributed by atoms with E-state index in [1.165, 1.54) is 11.3 Å². The van der Waals surface area contributed by atoms with Gasteiger partial charge >= 0.3 is 5.97 Å². The number of benzene rings is 2. The van der Waals surface area contributed by atoms with Gasteiger partial charge in [0.25, 0.3) is 0 Å². The van der Waals surface area contributed by atoms with Gasteiger partial charge in [-0.1, -0.05) is 23.7 Å². The van der Waals surface area contributed by atoms with E-state index in [1.807, 2.05) is 45.9 Å². The Morgan fingerprint density at radius 1 is 1.06 bits per heavy atom. The largest absolute Gasteiger partial charge is 0.479 e. The van der Waals surface area contributed by atoms with Crippen LogP contribution in [0.25, 0.3) is 32.0 Å². The number of hydrogen-bond acceptors (Lipinski definition) is 6. The molecule has 0 aliphatic carbocycles. The molecule has 1 unspecified atom stereocenters. The zero-order valence-electron chi connectivity index (χ0n) is 19.3. The molecule has 0 saturated carbocycles. The Kier molecular flexibility index (Phi) is 6.42. The topological polar surface area (TPSA) is 85.2 Å². The molecule has 2 aromatic heterocycles. The summed E-state index contributed by atoms with van der Waals surface area (Å²) < 4.78 is 7.03. The molecule has 34 heavy (non-hydrogen) atoms. The number of thiazole rings is 1. The lowest BCUT2D eigenvalue weighted by Gasteiger charge is -2.36. The molecule has 2 heterocycles. The molecule has 0 spiro atoms. The van der Waals surface area contributed by atoms with E-state index in [2.05, 4.69) is 9.97 Å². The molecule has 0 saturated heterocycles. The van der Waals surface area contributed by atoms with Gasteiger partial charge < -0.3 is 9.84 Å². The normalized spacial score (nSPS) is 13.7. The Hall–Kier alpha value is -2.58. The molecule has 0 aliphatic heterocycles. The van der Waals surface area contributed by atoms with Gasteiger partial charge in [0.1, 0.15) is 10.7 Å². The Bertz CT molecular complexity index is 1400. The number of aryl methyl sites for hydroxylation is 1. The standard InChI is InChI=1S/C25H23Cl2N3O3S/c1-13-12-17-20(34-21(29-17)16-10-11-28-23(27)30-16)18(14-6-8-15(26)9-7-14)19(13)25(5,22(31)32)33-24(2,3)4/h6-12H,1-5H3,(H,31,32). The van der Waals surface area contributed by atoms with Crippen LogP contribution in [0, 0.1) is 6.92 Å². The van der Waals surface area contributed by atoms with Crippen LogP contribution in [0.2, 0.25) is 10.3 Å². The second kappa shape index (κ2) is 8.89. The average Bonchev–Trinajstić information content (AvgIpc) is 3.15. The average molecular weight is 516 g/mol. The van der Waals surface area contributed by atoms with E-state index in [0.717, 1.165) is 26.9 Å². The molecule has 176 valence electrons. The molecular weight excluding hydrogens is 493 g/mol. The fraction of sp³-hybridized carbons (Fsp3) is 0.280. The summed E-state index contributed by atoms with van der Waals surface area (Å²) in [5, 5.41) is 11.8. The van der Waals surface area contributed by atoms with E-state index in [0.29, 0.717) is 21.3 Å². The highest BCUT2D eigenvalue weighted by Crippen LogP contribution is 2.46. The molecule has 0 fully saturated rings. The van der Waals surface area contributed by atoms with Gasteiger partial charge in [0.15, 0.2) is 5.60 Å². The number of rotatable bonds is 5. The van der Waals surface area contributed by atoms with E-state index in [1.54, 1.807) is 31.3 Å². The van der Waals surface area contributed by atoms with Crippen molar-refractivity contribution < 1.29 is 14.6 Å². The number of aliphatic carboxylic acids is 1. The minimum absolute atomic E-state index is 0.128. The molecule has 0 bridgehead atoms. The lowest BCUT2D eigenvalue weighted by Crippen LogP contribution is -2.42. The lowest BCUT2D eigenvalue weighted by molar-refractivity contribution is -0.183. The van der Waals surface area contributed by atoms with E-state index in [4.69, 9.17) is 32.9 Å². The van der Waals surface area contributed by atoms with Gasteiger partial charge in [-0.2, -0.15) is 0 Å². The predicted octanol–water partition coefficient (Wildman–Crippen LogP) is 7.15. The number of carbonyl (C=O) groups is 1. The number of hydrogen-bond donors (Lipinski definition) is 1. The number of halogens is 2. The van der Waals surface area contributed by atoms with Gasteiger partial charge in [-0.25, -0.2) is 19.7 Å². The van der Waals surface area contributed by atoms with E-state index in [-0.39, 0.29) is 5.28 Å². The minimum atomic E-state index is -1.62. The number of aromatic nitrogens is 3. The molecule has 0 aliphatic rings. The summed E-state index contributed by atoms with van der Waals surface area (Å²) in [5.41, 5.74) is 1.87. The summed E-state index contributed by atoms with van der Waals surface area (Å²) >= 11 is 13.6. The molecular formula is C25H23Cl2N3O3S. The van der Waals surface area contributed by atoms with Crippen molar-refractivity contribution in [2.75, 3.05) is 0 Å². The third-order valence-corrected chi connectivity index (χ3v) is 6.80. The number of ether oxygens (including phenoxy) is 1. The summed E-state index contributed by atoms with van der Waals surface area (Å²) in [6.07, 6.45) is 1.58. The first-order chi connectivity index (χ1) is 15.9. The van der Waals surface area contributed by atoms with Crippen molar-refractivity contribution in [1.82, 2.24) is 15.0 Å². The molecule has 9 heteroatoms. The number of carboxylic acid groups (broad SMARTS) is 1. The second-order valence-corrected chi connectivity index (χ2v) is 10.9. The highest BCUT2D eigenvalue weighted by atomic mass is 35.5. The SMILES string of the molecule is Cc1cc2nc(-c3ccnc(Cl)n3)sc2c(-c2ccc(Cl)cc2)c1C(C)(OC(C)(C)C)C(=O)O. The van der Waals surface area contributed by atoms with Crippen LogP contribution in [0.15, 0.2) is 42.6 Å². The molecule has 6 nitrogen and oxygen atoms in total. The van der Waals surface area contributed by atoms with Gasteiger partial charge in [0.2, 0.25) is 5.28 Å². The van der Waals surface area contributed by atoms with E-state index < -0.39 is 17.2 Å². The minimum Gasteiger partial charge on any atom is -0.479 e. The first kappa shape index (κ1) is 24.5. The third-order valence-electron chi connectivity index (χ3n) is 5.25. The van der Waals surface area contributed by atoms with Gasteiger partial charge in [0, 0.05) is 22.3 Å². The third kappa shape index (κ3) is 4.66. The van der Waals surface area contributed by atoms with Crippen LogP contribution in [0.4, 0.5) is 0 Å². The summed E-state index contributed by atoms with van der Waals surface area (Å²) in [6.45, 7) is 9.00. The van der Waals surface area contributed by atoms with Crippen molar-refractivity contribution in [1.29, 1.82) is 0 Å². The monoisotopic (exact) mass is 515 g/mol. The van der Waals surface area contributed by atoms with Crippen molar-refractivity contribution in [2.45, 2.75) is 45.8 Å². The van der Waals surface area contributed by atoms with Crippen LogP contribution in [-0.2, 0) is 15.1 Å². The van der Waals surface area contributed by atoms with Crippen LogP contribution in [0.3, 0.4) is 0 Å². The Labute approximate surface area is 211 Å². The highest BCUT2D eigenvalue weighted by Gasteiger charge is 2.43. The molecule has 2 aromatic carbocycles. The summed E-state index contributed by atoms with van der Waals surface area (Å²) in [7, 11) is 0. The van der Waals surface area contributed by atoms with Crippen molar-refractivity contribution in [3.8, 4) is 21.8 Å². The maximum Gasteiger partial charge on any atom is 0.340 e. The van der Waals surface area contributed by atoms with Crippen molar-refractivity contribution >= 4 is 50.7 Å². The Morgan fingerprint density at radius 3 is 2.32 bits per heavy atom. The zero-order valence-corrected chi connectivity index (χ0v) is 21.6. The van der Waals surface area contributed by atoms with Gasteiger partial charge in [-0.15, -0.1) is 11.3 Å². The summed E-state index contributed by atoms with van der Waals surface area (Å²) in [6, 6.07) is 10.9. The fourth-order valence-electron chi connectivity index (χ4n) is 4.08. The van der Waals surface area contributed by atoms with Gasteiger partial charge in [-0.05, 0) is 81.6 Å². The highest BCUT2D eigenvalue weighted by molar-refractivity contribution is 7.22. The fourth-order valence-corrected chi connectivity index (χ4v) is 5.44.